The van der Waals surface area contributed by atoms with Crippen LogP contribution in [0, 0.1) is 0 Å². The van der Waals surface area contributed by atoms with Gasteiger partial charge in [0.15, 0.2) is 11.6 Å². The zero-order valence-electron chi connectivity index (χ0n) is 14.7. The number of aromatic nitrogens is 3. The quantitative estimate of drug-likeness (QED) is 0.434. The van der Waals surface area contributed by atoms with Crippen molar-refractivity contribution in [3.8, 4) is 11.5 Å². The van der Waals surface area contributed by atoms with Crippen molar-refractivity contribution >= 4 is 34.7 Å². The van der Waals surface area contributed by atoms with Crippen LogP contribution in [0.2, 0.25) is 5.02 Å². The van der Waals surface area contributed by atoms with Gasteiger partial charge in [-0.3, -0.25) is 0 Å². The highest BCUT2D eigenvalue weighted by Gasteiger charge is 2.08. The molecule has 138 valence electrons. The van der Waals surface area contributed by atoms with Crippen LogP contribution in [-0.2, 0) is 0 Å². The van der Waals surface area contributed by atoms with Crippen LogP contribution in [0.25, 0.3) is 0 Å². The minimum Gasteiger partial charge on any atom is -0.455 e. The molecule has 0 aliphatic heterocycles. The average molecular weight is 390 g/mol. The van der Waals surface area contributed by atoms with Gasteiger partial charge in [0, 0.05) is 10.7 Å². The minimum absolute atomic E-state index is 0.350. The van der Waals surface area contributed by atoms with Crippen molar-refractivity contribution in [2.75, 3.05) is 10.6 Å². The normalized spacial score (nSPS) is 10.3. The van der Waals surface area contributed by atoms with E-state index in [1.165, 1.54) is 0 Å². The summed E-state index contributed by atoms with van der Waals surface area (Å²) in [5, 5.41) is 15.0. The van der Waals surface area contributed by atoms with Crippen LogP contribution in [0.5, 0.6) is 11.5 Å². The summed E-state index contributed by atoms with van der Waals surface area (Å²) in [7, 11) is 0. The van der Waals surface area contributed by atoms with Crippen LogP contribution in [-0.4, -0.2) is 15.2 Å². The molecule has 0 saturated carbocycles. The summed E-state index contributed by atoms with van der Waals surface area (Å²) >= 11 is 5.92. The topological polar surface area (TPSA) is 72.0 Å². The Morgan fingerprint density at radius 2 is 1.54 bits per heavy atom. The predicted molar refractivity (Wildman–Crippen MR) is 111 cm³/mol. The van der Waals surface area contributed by atoms with Crippen LogP contribution < -0.4 is 15.4 Å². The summed E-state index contributed by atoms with van der Waals surface area (Å²) in [4.78, 5) is 4.45. The van der Waals surface area contributed by atoms with Gasteiger partial charge in [0.05, 0.1) is 11.9 Å². The molecule has 2 N–H and O–H groups in total. The van der Waals surface area contributed by atoms with Gasteiger partial charge < -0.3 is 15.4 Å². The molecule has 4 aromatic rings. The summed E-state index contributed by atoms with van der Waals surface area (Å²) in [6, 6.07) is 24.5. The second-order valence-electron chi connectivity index (χ2n) is 5.83. The Balaban J connectivity index is 1.52. The fourth-order valence-electron chi connectivity index (χ4n) is 2.49. The smallest absolute Gasteiger partial charge is 0.249 e. The molecule has 0 fully saturated rings. The summed E-state index contributed by atoms with van der Waals surface area (Å²) in [5.74, 6) is 2.31. The number of hydrogen-bond acceptors (Lipinski definition) is 6. The zero-order chi connectivity index (χ0) is 19.2. The van der Waals surface area contributed by atoms with Crippen LogP contribution in [0.15, 0.2) is 85.1 Å². The highest BCUT2D eigenvalue weighted by molar-refractivity contribution is 6.30. The third kappa shape index (κ3) is 4.55. The Bertz CT molecular complexity index is 1060. The van der Waals surface area contributed by atoms with Crippen LogP contribution in [0.3, 0.4) is 0 Å². The molecule has 0 radical (unpaired) electrons. The molecular formula is C21H16ClN5O. The Morgan fingerprint density at radius 1 is 0.786 bits per heavy atom. The lowest BCUT2D eigenvalue weighted by molar-refractivity contribution is 0.485. The maximum Gasteiger partial charge on any atom is 0.249 e. The summed E-state index contributed by atoms with van der Waals surface area (Å²) in [5.41, 5.74) is 1.58. The van der Waals surface area contributed by atoms with E-state index in [1.807, 2.05) is 66.7 Å². The van der Waals surface area contributed by atoms with Crippen LogP contribution >= 0.6 is 11.6 Å². The lowest BCUT2D eigenvalue weighted by atomic mass is 10.3. The lowest BCUT2D eigenvalue weighted by Gasteiger charge is -2.12. The summed E-state index contributed by atoms with van der Waals surface area (Å²) in [6.07, 6.45) is 1.55. The minimum atomic E-state index is 0.350. The third-order valence-corrected chi connectivity index (χ3v) is 4.03. The first-order valence-electron chi connectivity index (χ1n) is 8.57. The monoisotopic (exact) mass is 389 g/mol. The van der Waals surface area contributed by atoms with Gasteiger partial charge in [0.2, 0.25) is 5.95 Å². The molecule has 0 amide bonds. The summed E-state index contributed by atoms with van der Waals surface area (Å²) in [6.45, 7) is 0. The van der Waals surface area contributed by atoms with Gasteiger partial charge in [-0.15, -0.1) is 5.10 Å². The van der Waals surface area contributed by atoms with Crippen molar-refractivity contribution in [1.82, 2.24) is 15.2 Å². The molecule has 0 aliphatic rings. The van der Waals surface area contributed by atoms with E-state index in [-0.39, 0.29) is 0 Å². The number of halogens is 1. The second-order valence-corrected chi connectivity index (χ2v) is 6.27. The first-order valence-corrected chi connectivity index (χ1v) is 8.95. The Morgan fingerprint density at radius 3 is 2.36 bits per heavy atom. The van der Waals surface area contributed by atoms with Crippen molar-refractivity contribution in [2.24, 2.45) is 0 Å². The molecule has 7 heteroatoms. The maximum absolute atomic E-state index is 5.95. The molecule has 4 rings (SSSR count). The first kappa shape index (κ1) is 17.8. The molecule has 0 bridgehead atoms. The van der Waals surface area contributed by atoms with E-state index in [0.29, 0.717) is 22.5 Å². The molecule has 6 nitrogen and oxygen atoms in total. The number of rotatable bonds is 6. The fourth-order valence-corrected chi connectivity index (χ4v) is 2.62. The van der Waals surface area contributed by atoms with Crippen LogP contribution in [0.4, 0.5) is 23.1 Å². The van der Waals surface area contributed by atoms with Crippen molar-refractivity contribution in [3.05, 3.63) is 90.1 Å². The highest BCUT2D eigenvalue weighted by Crippen LogP contribution is 2.30. The van der Waals surface area contributed by atoms with Gasteiger partial charge in [-0.05, 0) is 48.5 Å². The van der Waals surface area contributed by atoms with Gasteiger partial charge >= 0.3 is 0 Å². The van der Waals surface area contributed by atoms with E-state index >= 15 is 0 Å². The van der Waals surface area contributed by atoms with E-state index in [1.54, 1.807) is 18.3 Å². The third-order valence-electron chi connectivity index (χ3n) is 3.78. The Labute approximate surface area is 167 Å². The van der Waals surface area contributed by atoms with Gasteiger partial charge in [-0.25, -0.2) is 0 Å². The SMILES string of the molecule is Clc1ccc(Nc2cnnc(Nc3ccccc3Oc3ccccc3)n2)cc1. The molecule has 0 saturated heterocycles. The van der Waals surface area contributed by atoms with Crippen molar-refractivity contribution in [1.29, 1.82) is 0 Å². The molecule has 28 heavy (non-hydrogen) atoms. The number of nitrogens with zero attached hydrogens (tertiary/aromatic N) is 3. The average Bonchev–Trinajstić information content (AvgIpc) is 2.72. The van der Waals surface area contributed by atoms with Crippen molar-refractivity contribution in [3.63, 3.8) is 0 Å². The molecule has 0 aliphatic carbocycles. The molecule has 3 aromatic carbocycles. The predicted octanol–water partition coefficient (Wildman–Crippen LogP) is 5.80. The first-order chi connectivity index (χ1) is 13.8. The number of para-hydroxylation sites is 3. The summed E-state index contributed by atoms with van der Waals surface area (Å²) < 4.78 is 5.95. The van der Waals surface area contributed by atoms with Gasteiger partial charge in [-0.2, -0.15) is 10.1 Å². The van der Waals surface area contributed by atoms with Gasteiger partial charge in [0.25, 0.3) is 0 Å². The van der Waals surface area contributed by atoms with E-state index in [9.17, 15) is 0 Å². The maximum atomic E-state index is 5.95. The van der Waals surface area contributed by atoms with Crippen molar-refractivity contribution < 1.29 is 4.74 Å². The molecule has 0 atom stereocenters. The van der Waals surface area contributed by atoms with Gasteiger partial charge in [-0.1, -0.05) is 41.9 Å². The molecule has 0 unspecified atom stereocenters. The largest absolute Gasteiger partial charge is 0.455 e. The molecule has 0 spiro atoms. The van der Waals surface area contributed by atoms with Gasteiger partial charge in [0.1, 0.15) is 5.75 Å². The Kier molecular flexibility index (Phi) is 5.31. The Hall–Kier alpha value is -3.64. The standard InChI is InChI=1S/C21H16ClN5O/c22-15-10-12-16(13-11-15)24-20-14-23-27-21(26-20)25-18-8-4-5-9-19(18)28-17-6-2-1-3-7-17/h1-14H,(H2,24,25,26,27). The number of ether oxygens (including phenoxy) is 1. The molecule has 1 aromatic heterocycles. The lowest BCUT2D eigenvalue weighted by Crippen LogP contribution is -2.03. The van der Waals surface area contributed by atoms with E-state index < -0.39 is 0 Å². The number of anilines is 4. The van der Waals surface area contributed by atoms with E-state index in [2.05, 4.69) is 25.8 Å². The van der Waals surface area contributed by atoms with Crippen molar-refractivity contribution in [2.45, 2.75) is 0 Å². The molecular weight excluding hydrogens is 374 g/mol. The fraction of sp³-hybridized carbons (Fsp3) is 0. The number of hydrogen-bond donors (Lipinski definition) is 2. The van der Waals surface area contributed by atoms with Crippen LogP contribution in [0.1, 0.15) is 0 Å². The second kappa shape index (κ2) is 8.37. The zero-order valence-corrected chi connectivity index (χ0v) is 15.5. The van der Waals surface area contributed by atoms with E-state index in [0.717, 1.165) is 17.1 Å². The number of benzene rings is 3. The molecule has 1 heterocycles. The number of nitrogens with one attached hydrogen (secondary N) is 2. The van der Waals surface area contributed by atoms with E-state index in [4.69, 9.17) is 16.3 Å². The highest BCUT2D eigenvalue weighted by atomic mass is 35.5.